The SMILES string of the molecule is OCCNC1(N2CCCCC2)C=CC=CC1. The number of nitrogens with zero attached hydrogens (tertiary/aromatic N) is 1. The summed E-state index contributed by atoms with van der Waals surface area (Å²) in [6.45, 7) is 3.19. The minimum Gasteiger partial charge on any atom is -0.395 e. The van der Waals surface area contributed by atoms with Crippen molar-refractivity contribution in [2.45, 2.75) is 31.3 Å². The van der Waals surface area contributed by atoms with Gasteiger partial charge in [0.25, 0.3) is 0 Å². The maximum absolute atomic E-state index is 8.99. The molecule has 16 heavy (non-hydrogen) atoms. The summed E-state index contributed by atoms with van der Waals surface area (Å²) in [6.07, 6.45) is 13.6. The minimum atomic E-state index is -0.0437. The van der Waals surface area contributed by atoms with E-state index in [2.05, 4.69) is 34.5 Å². The van der Waals surface area contributed by atoms with Gasteiger partial charge >= 0.3 is 0 Å². The van der Waals surface area contributed by atoms with Gasteiger partial charge in [0, 0.05) is 26.1 Å². The van der Waals surface area contributed by atoms with E-state index in [4.69, 9.17) is 5.11 Å². The van der Waals surface area contributed by atoms with E-state index in [1.165, 1.54) is 19.3 Å². The molecule has 2 rings (SSSR count). The molecule has 1 heterocycles. The van der Waals surface area contributed by atoms with Crippen LogP contribution in [0.5, 0.6) is 0 Å². The van der Waals surface area contributed by atoms with Crippen LogP contribution in [0.3, 0.4) is 0 Å². The molecule has 0 spiro atoms. The Bertz CT molecular complexity index is 269. The van der Waals surface area contributed by atoms with E-state index in [0.29, 0.717) is 6.54 Å². The van der Waals surface area contributed by atoms with Crippen molar-refractivity contribution in [3.8, 4) is 0 Å². The van der Waals surface area contributed by atoms with Crippen LogP contribution < -0.4 is 5.32 Å². The molecule has 2 N–H and O–H groups in total. The number of piperidine rings is 1. The number of aliphatic hydroxyl groups excluding tert-OH is 1. The Balaban J connectivity index is 2.06. The summed E-state index contributed by atoms with van der Waals surface area (Å²) in [5.41, 5.74) is -0.0437. The summed E-state index contributed by atoms with van der Waals surface area (Å²) in [6, 6.07) is 0. The van der Waals surface area contributed by atoms with Crippen molar-refractivity contribution in [1.82, 2.24) is 10.2 Å². The third-order valence-electron chi connectivity index (χ3n) is 3.51. The van der Waals surface area contributed by atoms with Gasteiger partial charge in [-0.25, -0.2) is 0 Å². The van der Waals surface area contributed by atoms with Crippen LogP contribution in [0.15, 0.2) is 24.3 Å². The first-order valence-electron chi connectivity index (χ1n) is 6.33. The van der Waals surface area contributed by atoms with Gasteiger partial charge in [0.05, 0.1) is 12.3 Å². The average molecular weight is 222 g/mol. The molecule has 1 saturated heterocycles. The molecular weight excluding hydrogens is 200 g/mol. The Morgan fingerprint density at radius 3 is 2.62 bits per heavy atom. The van der Waals surface area contributed by atoms with Crippen LogP contribution in [0.4, 0.5) is 0 Å². The van der Waals surface area contributed by atoms with Gasteiger partial charge in [0.1, 0.15) is 0 Å². The first kappa shape index (κ1) is 11.8. The fourth-order valence-electron chi connectivity index (χ4n) is 2.65. The highest BCUT2D eigenvalue weighted by Crippen LogP contribution is 2.26. The van der Waals surface area contributed by atoms with E-state index in [9.17, 15) is 0 Å². The second-order valence-electron chi connectivity index (χ2n) is 4.61. The third-order valence-corrected chi connectivity index (χ3v) is 3.51. The number of allylic oxidation sites excluding steroid dienone is 2. The fraction of sp³-hybridized carbons (Fsp3) is 0.692. The monoisotopic (exact) mass is 222 g/mol. The average Bonchev–Trinajstić information content (AvgIpc) is 2.38. The Kier molecular flexibility index (Phi) is 4.16. The molecule has 1 atom stereocenters. The van der Waals surface area contributed by atoms with Crippen LogP contribution in [-0.2, 0) is 0 Å². The number of hydrogen-bond acceptors (Lipinski definition) is 3. The lowest BCUT2D eigenvalue weighted by atomic mass is 9.95. The molecule has 0 saturated carbocycles. The van der Waals surface area contributed by atoms with E-state index < -0.39 is 0 Å². The zero-order valence-corrected chi connectivity index (χ0v) is 9.86. The van der Waals surface area contributed by atoms with Gasteiger partial charge in [-0.05, 0) is 18.9 Å². The number of nitrogens with one attached hydrogen (secondary N) is 1. The Morgan fingerprint density at radius 1 is 1.19 bits per heavy atom. The summed E-state index contributed by atoms with van der Waals surface area (Å²) in [5.74, 6) is 0. The van der Waals surface area contributed by atoms with Crippen molar-refractivity contribution in [1.29, 1.82) is 0 Å². The molecule has 0 aromatic heterocycles. The van der Waals surface area contributed by atoms with Gasteiger partial charge in [-0.1, -0.05) is 24.6 Å². The Labute approximate surface area is 97.8 Å². The maximum atomic E-state index is 8.99. The van der Waals surface area contributed by atoms with Crippen molar-refractivity contribution < 1.29 is 5.11 Å². The van der Waals surface area contributed by atoms with E-state index >= 15 is 0 Å². The summed E-state index contributed by atoms with van der Waals surface area (Å²) < 4.78 is 0. The lowest BCUT2D eigenvalue weighted by Crippen LogP contribution is -2.59. The second kappa shape index (κ2) is 5.62. The highest BCUT2D eigenvalue weighted by Gasteiger charge is 2.33. The maximum Gasteiger partial charge on any atom is 0.0943 e. The van der Waals surface area contributed by atoms with Crippen LogP contribution in [0.25, 0.3) is 0 Å². The van der Waals surface area contributed by atoms with Crippen LogP contribution in [0.2, 0.25) is 0 Å². The van der Waals surface area contributed by atoms with Crippen LogP contribution in [0, 0.1) is 0 Å². The largest absolute Gasteiger partial charge is 0.395 e. The zero-order chi connectivity index (χ0) is 11.3. The molecule has 2 aliphatic rings. The molecule has 1 aliphatic carbocycles. The summed E-state index contributed by atoms with van der Waals surface area (Å²) in [7, 11) is 0. The molecule has 3 nitrogen and oxygen atoms in total. The fourth-order valence-corrected chi connectivity index (χ4v) is 2.65. The van der Waals surface area contributed by atoms with Crippen molar-refractivity contribution in [2.75, 3.05) is 26.2 Å². The summed E-state index contributed by atoms with van der Waals surface area (Å²) >= 11 is 0. The van der Waals surface area contributed by atoms with Gasteiger partial charge in [0.2, 0.25) is 0 Å². The molecule has 90 valence electrons. The van der Waals surface area contributed by atoms with E-state index in [-0.39, 0.29) is 12.3 Å². The number of hydrogen-bond donors (Lipinski definition) is 2. The van der Waals surface area contributed by atoms with E-state index in [0.717, 1.165) is 19.5 Å². The molecule has 1 aliphatic heterocycles. The molecule has 1 unspecified atom stereocenters. The normalized spacial score (nSPS) is 30.8. The van der Waals surface area contributed by atoms with Gasteiger partial charge in [-0.15, -0.1) is 0 Å². The smallest absolute Gasteiger partial charge is 0.0943 e. The first-order valence-corrected chi connectivity index (χ1v) is 6.33. The molecule has 0 amide bonds. The van der Waals surface area contributed by atoms with Gasteiger partial charge in [0.15, 0.2) is 0 Å². The lowest BCUT2D eigenvalue weighted by Gasteiger charge is -2.45. The number of aliphatic hydroxyl groups is 1. The molecule has 0 radical (unpaired) electrons. The first-order chi connectivity index (χ1) is 7.87. The predicted octanol–water partition coefficient (Wildman–Crippen LogP) is 1.27. The molecule has 1 fully saturated rings. The quantitative estimate of drug-likeness (QED) is 0.752. The molecule has 3 heteroatoms. The third kappa shape index (κ3) is 2.54. The molecule has 0 bridgehead atoms. The Hall–Kier alpha value is -0.640. The van der Waals surface area contributed by atoms with Gasteiger partial charge in [-0.2, -0.15) is 0 Å². The molecule has 0 aromatic carbocycles. The predicted molar refractivity (Wildman–Crippen MR) is 66.1 cm³/mol. The van der Waals surface area contributed by atoms with Gasteiger partial charge in [-0.3, -0.25) is 10.2 Å². The van der Waals surface area contributed by atoms with Crippen LogP contribution in [0.1, 0.15) is 25.7 Å². The minimum absolute atomic E-state index is 0.0437. The number of likely N-dealkylation sites (tertiary alicyclic amines) is 1. The second-order valence-corrected chi connectivity index (χ2v) is 4.61. The Morgan fingerprint density at radius 2 is 2.00 bits per heavy atom. The van der Waals surface area contributed by atoms with Crippen molar-refractivity contribution in [2.24, 2.45) is 0 Å². The molecular formula is C13H22N2O. The molecule has 0 aromatic rings. The summed E-state index contributed by atoms with van der Waals surface area (Å²) in [4.78, 5) is 2.52. The zero-order valence-electron chi connectivity index (χ0n) is 9.86. The van der Waals surface area contributed by atoms with Crippen molar-refractivity contribution >= 4 is 0 Å². The number of rotatable bonds is 4. The van der Waals surface area contributed by atoms with Crippen molar-refractivity contribution in [3.05, 3.63) is 24.3 Å². The van der Waals surface area contributed by atoms with Crippen LogP contribution in [-0.4, -0.2) is 41.9 Å². The van der Waals surface area contributed by atoms with E-state index in [1.54, 1.807) is 0 Å². The lowest BCUT2D eigenvalue weighted by molar-refractivity contribution is 0.0717. The highest BCUT2D eigenvalue weighted by molar-refractivity contribution is 5.20. The standard InChI is InChI=1S/C13H22N2O/c16-12-9-14-13(7-3-1-4-8-13)15-10-5-2-6-11-15/h1,3-4,7,14,16H,2,5-6,8-12H2. The highest BCUT2D eigenvalue weighted by atomic mass is 16.3. The van der Waals surface area contributed by atoms with Gasteiger partial charge < -0.3 is 5.11 Å². The van der Waals surface area contributed by atoms with E-state index in [1.807, 2.05) is 0 Å². The van der Waals surface area contributed by atoms with Crippen LogP contribution >= 0.6 is 0 Å². The summed E-state index contributed by atoms with van der Waals surface area (Å²) in [5, 5.41) is 12.5. The van der Waals surface area contributed by atoms with Crippen molar-refractivity contribution in [3.63, 3.8) is 0 Å². The topological polar surface area (TPSA) is 35.5 Å².